The first-order valence-electron chi connectivity index (χ1n) is 4.42. The van der Waals surface area contributed by atoms with Gasteiger partial charge in [-0.25, -0.2) is 0 Å². The zero-order chi connectivity index (χ0) is 10.9. The van der Waals surface area contributed by atoms with Gasteiger partial charge >= 0.3 is 10.2 Å². The number of β-amino-alcohol motifs (C(OH)–C–C–N with tert-alkyl or cyclic N) is 1. The fourth-order valence-corrected chi connectivity index (χ4v) is 2.39. The van der Waals surface area contributed by atoms with E-state index in [-0.39, 0.29) is 19.2 Å². The predicted molar refractivity (Wildman–Crippen MR) is 50.5 cm³/mol. The van der Waals surface area contributed by atoms with Crippen LogP contribution in [0.25, 0.3) is 0 Å². The normalized spacial score (nSPS) is 25.1. The van der Waals surface area contributed by atoms with Crippen molar-refractivity contribution in [3.63, 3.8) is 0 Å². The van der Waals surface area contributed by atoms with Gasteiger partial charge in [-0.2, -0.15) is 12.7 Å². The van der Waals surface area contributed by atoms with Crippen LogP contribution in [0.4, 0.5) is 0 Å². The molecule has 0 aromatic carbocycles. The lowest BCUT2D eigenvalue weighted by Crippen LogP contribution is -2.43. The summed E-state index contributed by atoms with van der Waals surface area (Å²) >= 11 is 0. The first-order valence-corrected chi connectivity index (χ1v) is 5.82. The maximum Gasteiger partial charge on any atom is 0.304 e. The summed E-state index contributed by atoms with van der Waals surface area (Å²) in [7, 11) is -2.11. The maximum atomic E-state index is 11.7. The number of hydroxylamine groups is 1. The molecule has 1 N–H and O–H groups in total. The molecule has 0 amide bonds. The van der Waals surface area contributed by atoms with Crippen LogP contribution in [0.2, 0.25) is 0 Å². The van der Waals surface area contributed by atoms with Crippen LogP contribution in [0.15, 0.2) is 0 Å². The first kappa shape index (κ1) is 11.9. The summed E-state index contributed by atoms with van der Waals surface area (Å²) in [5.41, 5.74) is 0. The van der Waals surface area contributed by atoms with Crippen LogP contribution in [0.1, 0.15) is 13.8 Å². The van der Waals surface area contributed by atoms with E-state index < -0.39 is 16.3 Å². The fraction of sp³-hybridized carbons (Fsp3) is 1.00. The second-order valence-electron chi connectivity index (χ2n) is 3.55. The molecular formula is C7H16N2O4S. The standard InChI is InChI=1S/C7H16N2O4S/c1-6(2)8(3)14(11,12)9-4-7(10)5-13-9/h6-7,10H,4-5H2,1-3H3. The van der Waals surface area contributed by atoms with Gasteiger partial charge in [0.05, 0.1) is 19.3 Å². The molecule has 7 heteroatoms. The van der Waals surface area contributed by atoms with Gasteiger partial charge in [0.2, 0.25) is 0 Å². The molecule has 84 valence electrons. The lowest BCUT2D eigenvalue weighted by atomic mass is 10.4. The molecular weight excluding hydrogens is 208 g/mol. The molecule has 1 fully saturated rings. The highest BCUT2D eigenvalue weighted by atomic mass is 32.2. The van der Waals surface area contributed by atoms with Gasteiger partial charge in [-0.05, 0) is 13.8 Å². The lowest BCUT2D eigenvalue weighted by Gasteiger charge is -2.25. The fourth-order valence-electron chi connectivity index (χ4n) is 1.02. The zero-order valence-electron chi connectivity index (χ0n) is 8.54. The van der Waals surface area contributed by atoms with E-state index in [1.54, 1.807) is 13.8 Å². The number of rotatable bonds is 3. The van der Waals surface area contributed by atoms with Gasteiger partial charge in [0, 0.05) is 13.1 Å². The summed E-state index contributed by atoms with van der Waals surface area (Å²) in [5.74, 6) is 0. The highest BCUT2D eigenvalue weighted by Gasteiger charge is 2.35. The quantitative estimate of drug-likeness (QED) is 0.680. The van der Waals surface area contributed by atoms with E-state index in [4.69, 9.17) is 9.94 Å². The summed E-state index contributed by atoms with van der Waals surface area (Å²) in [4.78, 5) is 4.86. The molecule has 14 heavy (non-hydrogen) atoms. The van der Waals surface area contributed by atoms with Crippen molar-refractivity contribution in [1.82, 2.24) is 8.77 Å². The monoisotopic (exact) mass is 224 g/mol. The summed E-state index contributed by atoms with van der Waals surface area (Å²) < 4.78 is 25.5. The second-order valence-corrected chi connectivity index (χ2v) is 5.43. The Bertz CT molecular complexity index is 290. The van der Waals surface area contributed by atoms with Crippen molar-refractivity contribution in [2.75, 3.05) is 20.2 Å². The summed E-state index contributed by atoms with van der Waals surface area (Å²) in [6, 6.07) is -0.138. The molecule has 1 rings (SSSR count). The van der Waals surface area contributed by atoms with Crippen LogP contribution in [0.3, 0.4) is 0 Å². The average Bonchev–Trinajstić information content (AvgIpc) is 2.50. The molecule has 0 bridgehead atoms. The smallest absolute Gasteiger partial charge is 0.304 e. The lowest BCUT2D eigenvalue weighted by molar-refractivity contribution is -0.0369. The van der Waals surface area contributed by atoms with E-state index in [1.165, 1.54) is 11.4 Å². The summed E-state index contributed by atoms with van der Waals surface area (Å²) in [6.07, 6.45) is -0.731. The van der Waals surface area contributed by atoms with Crippen LogP contribution < -0.4 is 0 Å². The van der Waals surface area contributed by atoms with Gasteiger partial charge in [-0.1, -0.05) is 4.47 Å². The molecule has 1 aliphatic heterocycles. The number of aliphatic hydroxyl groups is 1. The number of hydrogen-bond acceptors (Lipinski definition) is 4. The van der Waals surface area contributed by atoms with Crippen molar-refractivity contribution >= 4 is 10.2 Å². The van der Waals surface area contributed by atoms with Crippen LogP contribution in [0, 0.1) is 0 Å². The van der Waals surface area contributed by atoms with Crippen LogP contribution >= 0.6 is 0 Å². The molecule has 0 radical (unpaired) electrons. The Morgan fingerprint density at radius 1 is 1.57 bits per heavy atom. The molecule has 0 spiro atoms. The van der Waals surface area contributed by atoms with Gasteiger partial charge in [0.15, 0.2) is 0 Å². The van der Waals surface area contributed by atoms with E-state index in [2.05, 4.69) is 0 Å². The number of hydrogen-bond donors (Lipinski definition) is 1. The molecule has 0 aromatic heterocycles. The van der Waals surface area contributed by atoms with Crippen molar-refractivity contribution in [3.8, 4) is 0 Å². The Labute approximate surface area is 84.2 Å². The van der Waals surface area contributed by atoms with E-state index in [0.717, 1.165) is 4.47 Å². The number of nitrogens with zero attached hydrogens (tertiary/aromatic N) is 2. The Hall–Kier alpha value is -0.210. The third kappa shape index (κ3) is 2.23. The van der Waals surface area contributed by atoms with Gasteiger partial charge in [0.25, 0.3) is 0 Å². The van der Waals surface area contributed by atoms with E-state index in [1.807, 2.05) is 0 Å². The molecule has 1 saturated heterocycles. The predicted octanol–water partition coefficient (Wildman–Crippen LogP) is -0.820. The van der Waals surface area contributed by atoms with Crippen molar-refractivity contribution in [1.29, 1.82) is 0 Å². The average molecular weight is 224 g/mol. The summed E-state index contributed by atoms with van der Waals surface area (Å²) in [6.45, 7) is 3.57. The molecule has 1 heterocycles. The summed E-state index contributed by atoms with van der Waals surface area (Å²) in [5, 5.41) is 9.13. The van der Waals surface area contributed by atoms with Crippen molar-refractivity contribution in [3.05, 3.63) is 0 Å². The Kier molecular flexibility index (Phi) is 3.49. The van der Waals surface area contributed by atoms with Gasteiger partial charge < -0.3 is 5.11 Å². The zero-order valence-corrected chi connectivity index (χ0v) is 9.36. The minimum atomic E-state index is -3.59. The molecule has 1 unspecified atom stereocenters. The van der Waals surface area contributed by atoms with Gasteiger partial charge in [-0.3, -0.25) is 4.84 Å². The van der Waals surface area contributed by atoms with E-state index in [9.17, 15) is 8.42 Å². The van der Waals surface area contributed by atoms with Gasteiger partial charge in [-0.15, -0.1) is 0 Å². The van der Waals surface area contributed by atoms with E-state index in [0.29, 0.717) is 0 Å². The molecule has 1 atom stereocenters. The SMILES string of the molecule is CC(C)N(C)S(=O)(=O)N1CC(O)CO1. The second kappa shape index (κ2) is 4.11. The Morgan fingerprint density at radius 2 is 2.14 bits per heavy atom. The van der Waals surface area contributed by atoms with Crippen LogP contribution in [-0.4, -0.2) is 54.6 Å². The third-order valence-corrected chi connectivity index (χ3v) is 4.04. The highest BCUT2D eigenvalue weighted by Crippen LogP contribution is 2.15. The maximum absolute atomic E-state index is 11.7. The molecule has 0 aliphatic carbocycles. The first-order chi connectivity index (χ1) is 6.35. The van der Waals surface area contributed by atoms with Gasteiger partial charge in [0.1, 0.15) is 0 Å². The molecule has 6 nitrogen and oxygen atoms in total. The molecule has 0 saturated carbocycles. The van der Waals surface area contributed by atoms with Crippen molar-refractivity contribution in [2.45, 2.75) is 26.0 Å². The Morgan fingerprint density at radius 3 is 2.50 bits per heavy atom. The van der Waals surface area contributed by atoms with Crippen LogP contribution in [0.5, 0.6) is 0 Å². The molecule has 0 aromatic rings. The third-order valence-electron chi connectivity index (χ3n) is 2.12. The van der Waals surface area contributed by atoms with Crippen LogP contribution in [-0.2, 0) is 15.0 Å². The van der Waals surface area contributed by atoms with E-state index >= 15 is 0 Å². The highest BCUT2D eigenvalue weighted by molar-refractivity contribution is 7.86. The van der Waals surface area contributed by atoms with Crippen molar-refractivity contribution < 1.29 is 18.4 Å². The number of aliphatic hydroxyl groups excluding tert-OH is 1. The topological polar surface area (TPSA) is 70.1 Å². The largest absolute Gasteiger partial charge is 0.389 e. The molecule has 1 aliphatic rings. The Balaban J connectivity index is 2.75. The minimum absolute atomic E-state index is 0.000602. The van der Waals surface area contributed by atoms with Crippen molar-refractivity contribution in [2.24, 2.45) is 0 Å². The minimum Gasteiger partial charge on any atom is -0.389 e.